The quantitative estimate of drug-likeness (QED) is 0.756. The number of aromatic nitrogens is 1. The van der Waals surface area contributed by atoms with E-state index in [4.69, 9.17) is 0 Å². The van der Waals surface area contributed by atoms with Gasteiger partial charge in [-0.05, 0) is 56.9 Å². The predicted octanol–water partition coefficient (Wildman–Crippen LogP) is 3.78. The lowest BCUT2D eigenvalue weighted by molar-refractivity contribution is 0.0942. The topological polar surface area (TPSA) is 45.2 Å². The standard InChI is InChI=1S/C19H20FN3OS/c1-12-22-16-9-6-14(10-18(16)25-12)19(24)21-11-17(23(2)3)13-4-7-15(20)8-5-13/h4-10,17H,11H2,1-3H3,(H,21,24)/t17-/m1/s1. The number of carbonyl (C=O) groups excluding carboxylic acids is 1. The molecule has 4 nitrogen and oxygen atoms in total. The van der Waals surface area contributed by atoms with Crippen LogP contribution in [0.1, 0.15) is 27.0 Å². The van der Waals surface area contributed by atoms with Crippen molar-refractivity contribution >= 4 is 27.5 Å². The van der Waals surface area contributed by atoms with E-state index in [-0.39, 0.29) is 17.8 Å². The van der Waals surface area contributed by atoms with Crippen molar-refractivity contribution in [1.82, 2.24) is 15.2 Å². The van der Waals surface area contributed by atoms with Crippen LogP contribution in [0.25, 0.3) is 10.2 Å². The van der Waals surface area contributed by atoms with Crippen LogP contribution in [0.4, 0.5) is 4.39 Å². The molecule has 0 radical (unpaired) electrons. The Kier molecular flexibility index (Phi) is 5.11. The average Bonchev–Trinajstić information content (AvgIpc) is 2.95. The number of aryl methyl sites for hydroxylation is 1. The molecular formula is C19H20FN3OS. The molecule has 0 bridgehead atoms. The number of likely N-dealkylation sites (N-methyl/N-ethyl adjacent to an activating group) is 1. The number of rotatable bonds is 5. The SMILES string of the molecule is Cc1nc2ccc(C(=O)NC[C@H](c3ccc(F)cc3)N(C)C)cc2s1. The Bertz CT molecular complexity index is 889. The van der Waals surface area contributed by atoms with Crippen LogP contribution in [-0.4, -0.2) is 36.4 Å². The van der Waals surface area contributed by atoms with Crippen LogP contribution < -0.4 is 5.32 Å². The number of hydrogen-bond donors (Lipinski definition) is 1. The van der Waals surface area contributed by atoms with E-state index in [1.807, 2.05) is 38.1 Å². The van der Waals surface area contributed by atoms with Crippen molar-refractivity contribution in [2.75, 3.05) is 20.6 Å². The van der Waals surface area contributed by atoms with E-state index in [9.17, 15) is 9.18 Å². The van der Waals surface area contributed by atoms with Gasteiger partial charge in [0.1, 0.15) is 5.82 Å². The van der Waals surface area contributed by atoms with Crippen LogP contribution in [-0.2, 0) is 0 Å². The van der Waals surface area contributed by atoms with Gasteiger partial charge in [0, 0.05) is 12.1 Å². The van der Waals surface area contributed by atoms with Crippen molar-refractivity contribution in [3.8, 4) is 0 Å². The van der Waals surface area contributed by atoms with Crippen molar-refractivity contribution in [2.45, 2.75) is 13.0 Å². The van der Waals surface area contributed by atoms with Crippen molar-refractivity contribution in [1.29, 1.82) is 0 Å². The summed E-state index contributed by atoms with van der Waals surface area (Å²) < 4.78 is 14.1. The molecule has 1 N–H and O–H groups in total. The Morgan fingerprint density at radius 3 is 2.64 bits per heavy atom. The maximum absolute atomic E-state index is 13.1. The summed E-state index contributed by atoms with van der Waals surface area (Å²) in [4.78, 5) is 18.9. The molecule has 25 heavy (non-hydrogen) atoms. The third-order valence-electron chi connectivity index (χ3n) is 4.09. The third-order valence-corrected chi connectivity index (χ3v) is 5.03. The van der Waals surface area contributed by atoms with Crippen molar-refractivity contribution in [3.05, 3.63) is 64.4 Å². The molecule has 0 unspecified atom stereocenters. The molecule has 1 amide bonds. The van der Waals surface area contributed by atoms with E-state index < -0.39 is 0 Å². The fraction of sp³-hybridized carbons (Fsp3) is 0.263. The van der Waals surface area contributed by atoms with Crippen molar-refractivity contribution in [3.63, 3.8) is 0 Å². The first-order valence-corrected chi connectivity index (χ1v) is 8.83. The summed E-state index contributed by atoms with van der Waals surface area (Å²) in [7, 11) is 3.87. The lowest BCUT2D eigenvalue weighted by atomic mass is 10.1. The number of benzene rings is 2. The molecule has 3 aromatic rings. The van der Waals surface area contributed by atoms with Crippen LogP contribution in [0.5, 0.6) is 0 Å². The smallest absolute Gasteiger partial charge is 0.251 e. The fourth-order valence-corrected chi connectivity index (χ4v) is 3.62. The van der Waals surface area contributed by atoms with E-state index >= 15 is 0 Å². The molecule has 130 valence electrons. The molecule has 0 fully saturated rings. The summed E-state index contributed by atoms with van der Waals surface area (Å²) in [6, 6.07) is 11.9. The van der Waals surface area contributed by atoms with Gasteiger partial charge < -0.3 is 10.2 Å². The number of nitrogens with zero attached hydrogens (tertiary/aromatic N) is 2. The van der Waals surface area contributed by atoms with Crippen LogP contribution in [0.15, 0.2) is 42.5 Å². The monoisotopic (exact) mass is 357 g/mol. The zero-order valence-electron chi connectivity index (χ0n) is 14.4. The van der Waals surface area contributed by atoms with Crippen LogP contribution >= 0.6 is 11.3 Å². The molecule has 0 spiro atoms. The summed E-state index contributed by atoms with van der Waals surface area (Å²) in [5.41, 5.74) is 2.49. The largest absolute Gasteiger partial charge is 0.350 e. The minimum absolute atomic E-state index is 0.0288. The second-order valence-corrected chi connectivity index (χ2v) is 7.39. The Balaban J connectivity index is 1.73. The normalized spacial score (nSPS) is 12.5. The van der Waals surface area contributed by atoms with Gasteiger partial charge in [0.2, 0.25) is 0 Å². The van der Waals surface area contributed by atoms with Crippen molar-refractivity contribution in [2.24, 2.45) is 0 Å². The Hall–Kier alpha value is -2.31. The average molecular weight is 357 g/mol. The van der Waals surface area contributed by atoms with Crippen LogP contribution in [0, 0.1) is 12.7 Å². The fourth-order valence-electron chi connectivity index (χ4n) is 2.76. The molecule has 0 saturated carbocycles. The highest BCUT2D eigenvalue weighted by Crippen LogP contribution is 2.23. The van der Waals surface area contributed by atoms with Gasteiger partial charge in [0.25, 0.3) is 5.91 Å². The first kappa shape index (κ1) is 17.5. The molecule has 2 aromatic carbocycles. The number of amides is 1. The zero-order valence-corrected chi connectivity index (χ0v) is 15.2. The van der Waals surface area contributed by atoms with Crippen molar-refractivity contribution < 1.29 is 9.18 Å². The molecule has 0 aliphatic rings. The van der Waals surface area contributed by atoms with Gasteiger partial charge in [-0.3, -0.25) is 4.79 Å². The van der Waals surface area contributed by atoms with Gasteiger partial charge in [-0.15, -0.1) is 11.3 Å². The van der Waals surface area contributed by atoms with E-state index in [2.05, 4.69) is 10.3 Å². The molecule has 0 aliphatic carbocycles. The van der Waals surface area contributed by atoms with Crippen LogP contribution in [0.2, 0.25) is 0 Å². The molecule has 3 rings (SSSR count). The molecule has 6 heteroatoms. The summed E-state index contributed by atoms with van der Waals surface area (Å²) >= 11 is 1.58. The van der Waals surface area contributed by atoms with Gasteiger partial charge in [-0.25, -0.2) is 9.37 Å². The maximum Gasteiger partial charge on any atom is 0.251 e. The summed E-state index contributed by atoms with van der Waals surface area (Å²) in [5.74, 6) is -0.389. The van der Waals surface area contributed by atoms with E-state index in [0.717, 1.165) is 20.8 Å². The van der Waals surface area contributed by atoms with E-state index in [1.165, 1.54) is 12.1 Å². The van der Waals surface area contributed by atoms with E-state index in [0.29, 0.717) is 12.1 Å². The van der Waals surface area contributed by atoms with Gasteiger partial charge >= 0.3 is 0 Å². The lowest BCUT2D eigenvalue weighted by Crippen LogP contribution is -2.34. The highest BCUT2D eigenvalue weighted by molar-refractivity contribution is 7.18. The molecular weight excluding hydrogens is 337 g/mol. The van der Waals surface area contributed by atoms with Gasteiger partial charge in [0.15, 0.2) is 0 Å². The number of carbonyl (C=O) groups is 1. The molecule has 0 aliphatic heterocycles. The minimum Gasteiger partial charge on any atom is -0.350 e. The lowest BCUT2D eigenvalue weighted by Gasteiger charge is -2.25. The van der Waals surface area contributed by atoms with E-state index in [1.54, 1.807) is 29.5 Å². The maximum atomic E-state index is 13.1. The second-order valence-electron chi connectivity index (χ2n) is 6.16. The highest BCUT2D eigenvalue weighted by Gasteiger charge is 2.16. The Labute approximate surface area is 150 Å². The number of fused-ring (bicyclic) bond motifs is 1. The zero-order chi connectivity index (χ0) is 18.0. The summed E-state index contributed by atoms with van der Waals surface area (Å²) in [5, 5.41) is 3.96. The van der Waals surface area contributed by atoms with Crippen LogP contribution in [0.3, 0.4) is 0 Å². The number of nitrogens with one attached hydrogen (secondary N) is 1. The van der Waals surface area contributed by atoms with Gasteiger partial charge in [0.05, 0.1) is 21.3 Å². The molecule has 1 atom stereocenters. The molecule has 0 saturated heterocycles. The summed E-state index contributed by atoms with van der Waals surface area (Å²) in [6.45, 7) is 2.39. The second kappa shape index (κ2) is 7.29. The first-order chi connectivity index (χ1) is 11.9. The number of thiazole rings is 1. The Morgan fingerprint density at radius 1 is 1.24 bits per heavy atom. The first-order valence-electron chi connectivity index (χ1n) is 8.01. The summed E-state index contributed by atoms with van der Waals surface area (Å²) in [6.07, 6.45) is 0. The predicted molar refractivity (Wildman–Crippen MR) is 99.5 cm³/mol. The molecule has 1 aromatic heterocycles. The van der Waals surface area contributed by atoms with Gasteiger partial charge in [-0.1, -0.05) is 12.1 Å². The Morgan fingerprint density at radius 2 is 1.96 bits per heavy atom. The van der Waals surface area contributed by atoms with Gasteiger partial charge in [-0.2, -0.15) is 0 Å². The molecule has 1 heterocycles. The third kappa shape index (κ3) is 4.03. The highest BCUT2D eigenvalue weighted by atomic mass is 32.1. The number of halogens is 1. The minimum atomic E-state index is -0.265. The number of hydrogen-bond acceptors (Lipinski definition) is 4.